The Morgan fingerprint density at radius 2 is 1.34 bits per heavy atom. The van der Waals surface area contributed by atoms with Crippen molar-refractivity contribution in [2.75, 3.05) is 0 Å². The summed E-state index contributed by atoms with van der Waals surface area (Å²) >= 11 is 6.22. The van der Waals surface area contributed by atoms with Gasteiger partial charge in [-0.15, -0.1) is 10.2 Å². The van der Waals surface area contributed by atoms with Crippen molar-refractivity contribution in [3.8, 4) is 34.0 Å². The monoisotopic (exact) mass is 402 g/mol. The molecular weight excluding hydrogens is 380 g/mol. The van der Waals surface area contributed by atoms with Crippen molar-refractivity contribution in [2.24, 2.45) is 0 Å². The summed E-state index contributed by atoms with van der Waals surface area (Å²) in [5.74, 6) is 0.908. The van der Waals surface area contributed by atoms with E-state index in [9.17, 15) is 0 Å². The molecule has 0 radical (unpaired) electrons. The lowest BCUT2D eigenvalue weighted by atomic mass is 10.0. The van der Waals surface area contributed by atoms with Gasteiger partial charge in [0.05, 0.1) is 10.6 Å². The average molecular weight is 403 g/mol. The number of aromatic nitrogens is 2. The Morgan fingerprint density at radius 3 is 2.03 bits per heavy atom. The number of benzene rings is 3. The van der Waals surface area contributed by atoms with Crippen LogP contribution in [0, 0.1) is 0 Å². The van der Waals surface area contributed by atoms with Crippen LogP contribution in [-0.2, 0) is 6.42 Å². The number of halogens is 1. The summed E-state index contributed by atoms with van der Waals surface area (Å²) in [6.07, 6.45) is 4.95. The normalized spacial score (nSPS) is 11.0. The zero-order chi connectivity index (χ0) is 20.1. The molecule has 146 valence electrons. The van der Waals surface area contributed by atoms with Crippen LogP contribution in [0.15, 0.2) is 77.2 Å². The molecule has 0 spiro atoms. The third-order valence-electron chi connectivity index (χ3n) is 5.02. The number of hydrogen-bond acceptors (Lipinski definition) is 3. The fraction of sp³-hybridized carbons (Fsp3) is 0.200. The molecule has 0 saturated heterocycles. The first-order valence-corrected chi connectivity index (χ1v) is 10.4. The highest BCUT2D eigenvalue weighted by atomic mass is 35.5. The predicted molar refractivity (Wildman–Crippen MR) is 119 cm³/mol. The molecule has 0 atom stereocenters. The molecule has 0 aliphatic carbocycles. The summed E-state index contributed by atoms with van der Waals surface area (Å²) in [6.45, 7) is 2.23. The van der Waals surface area contributed by atoms with E-state index in [-0.39, 0.29) is 0 Å². The van der Waals surface area contributed by atoms with Gasteiger partial charge >= 0.3 is 0 Å². The lowest BCUT2D eigenvalue weighted by Gasteiger charge is -2.05. The largest absolute Gasteiger partial charge is 0.416 e. The van der Waals surface area contributed by atoms with Gasteiger partial charge in [-0.3, -0.25) is 0 Å². The SMILES string of the molecule is CCCCCc1ccc(-c2ccc(-c3nnc(-c4ccccc4Cl)o3)cc2)cc1. The van der Waals surface area contributed by atoms with E-state index >= 15 is 0 Å². The Hall–Kier alpha value is -2.91. The summed E-state index contributed by atoms with van der Waals surface area (Å²) in [6, 6.07) is 24.5. The minimum Gasteiger partial charge on any atom is -0.416 e. The molecule has 0 bridgehead atoms. The van der Waals surface area contributed by atoms with E-state index < -0.39 is 0 Å². The standard InChI is InChI=1S/C25H23ClN2O/c1-2-3-4-7-18-10-12-19(13-11-18)20-14-16-21(17-15-20)24-27-28-25(29-24)22-8-5-6-9-23(22)26/h5-6,8-17H,2-4,7H2,1H3. The second kappa shape index (κ2) is 9.06. The Morgan fingerprint density at radius 1 is 0.724 bits per heavy atom. The summed E-state index contributed by atoms with van der Waals surface area (Å²) in [5.41, 5.74) is 5.40. The van der Waals surface area contributed by atoms with Gasteiger partial charge < -0.3 is 4.42 Å². The molecule has 4 aromatic rings. The summed E-state index contributed by atoms with van der Waals surface area (Å²) in [5, 5.41) is 8.92. The van der Waals surface area contributed by atoms with E-state index in [1.54, 1.807) is 0 Å². The van der Waals surface area contributed by atoms with Crippen LogP contribution >= 0.6 is 11.6 Å². The zero-order valence-corrected chi connectivity index (χ0v) is 17.2. The van der Waals surface area contributed by atoms with E-state index in [0.29, 0.717) is 16.8 Å². The van der Waals surface area contributed by atoms with Crippen molar-refractivity contribution in [3.05, 3.63) is 83.4 Å². The van der Waals surface area contributed by atoms with Gasteiger partial charge in [0.25, 0.3) is 0 Å². The van der Waals surface area contributed by atoms with Gasteiger partial charge in [0.15, 0.2) is 0 Å². The van der Waals surface area contributed by atoms with Crippen LogP contribution in [0.25, 0.3) is 34.0 Å². The van der Waals surface area contributed by atoms with Crippen molar-refractivity contribution in [2.45, 2.75) is 32.6 Å². The van der Waals surface area contributed by atoms with Crippen LogP contribution in [0.5, 0.6) is 0 Å². The molecule has 0 aliphatic rings. The van der Waals surface area contributed by atoms with E-state index in [0.717, 1.165) is 17.5 Å². The second-order valence-corrected chi connectivity index (χ2v) is 7.53. The summed E-state index contributed by atoms with van der Waals surface area (Å²) in [7, 11) is 0. The molecule has 0 N–H and O–H groups in total. The van der Waals surface area contributed by atoms with Gasteiger partial charge in [0.2, 0.25) is 11.8 Å². The Kier molecular flexibility index (Phi) is 6.06. The molecule has 1 aromatic heterocycles. The predicted octanol–water partition coefficient (Wildman–Crippen LogP) is 7.46. The molecule has 3 aromatic carbocycles. The minimum atomic E-state index is 0.424. The first kappa shape index (κ1) is 19.4. The Bertz CT molecular complexity index is 1070. The molecule has 4 rings (SSSR count). The van der Waals surface area contributed by atoms with Gasteiger partial charge in [-0.1, -0.05) is 79.9 Å². The maximum absolute atomic E-state index is 6.22. The van der Waals surface area contributed by atoms with E-state index in [1.807, 2.05) is 36.4 Å². The molecular formula is C25H23ClN2O. The van der Waals surface area contributed by atoms with Crippen molar-refractivity contribution >= 4 is 11.6 Å². The van der Waals surface area contributed by atoms with E-state index in [2.05, 4.69) is 53.5 Å². The van der Waals surface area contributed by atoms with Crippen molar-refractivity contribution in [3.63, 3.8) is 0 Å². The van der Waals surface area contributed by atoms with Gasteiger partial charge in [0, 0.05) is 5.56 Å². The van der Waals surface area contributed by atoms with Gasteiger partial charge in [-0.25, -0.2) is 0 Å². The molecule has 3 nitrogen and oxygen atoms in total. The average Bonchev–Trinajstić information content (AvgIpc) is 3.25. The topological polar surface area (TPSA) is 38.9 Å². The van der Waals surface area contributed by atoms with Crippen molar-refractivity contribution in [1.29, 1.82) is 0 Å². The maximum Gasteiger partial charge on any atom is 0.249 e. The molecule has 0 unspecified atom stereocenters. The number of rotatable bonds is 7. The lowest BCUT2D eigenvalue weighted by Crippen LogP contribution is -1.86. The lowest BCUT2D eigenvalue weighted by molar-refractivity contribution is 0.584. The molecule has 0 aliphatic heterocycles. The number of hydrogen-bond donors (Lipinski definition) is 0. The number of aryl methyl sites for hydroxylation is 1. The van der Waals surface area contributed by atoms with Crippen LogP contribution in [0.2, 0.25) is 5.02 Å². The fourth-order valence-electron chi connectivity index (χ4n) is 3.33. The first-order chi connectivity index (χ1) is 14.2. The summed E-state index contributed by atoms with van der Waals surface area (Å²) < 4.78 is 5.84. The van der Waals surface area contributed by atoms with Crippen LogP contribution in [0.4, 0.5) is 0 Å². The molecule has 1 heterocycles. The number of unbranched alkanes of at least 4 members (excludes halogenated alkanes) is 2. The highest BCUT2D eigenvalue weighted by molar-refractivity contribution is 6.33. The van der Waals surface area contributed by atoms with Crippen LogP contribution < -0.4 is 0 Å². The minimum absolute atomic E-state index is 0.424. The second-order valence-electron chi connectivity index (χ2n) is 7.12. The zero-order valence-electron chi connectivity index (χ0n) is 16.4. The van der Waals surface area contributed by atoms with Crippen molar-refractivity contribution < 1.29 is 4.42 Å². The van der Waals surface area contributed by atoms with Gasteiger partial charge in [-0.2, -0.15) is 0 Å². The third kappa shape index (κ3) is 4.57. The van der Waals surface area contributed by atoms with E-state index in [1.165, 1.54) is 36.0 Å². The molecule has 4 heteroatoms. The third-order valence-corrected chi connectivity index (χ3v) is 5.35. The molecule has 0 fully saturated rings. The fourth-order valence-corrected chi connectivity index (χ4v) is 3.55. The highest BCUT2D eigenvalue weighted by Gasteiger charge is 2.13. The van der Waals surface area contributed by atoms with Crippen molar-refractivity contribution in [1.82, 2.24) is 10.2 Å². The molecule has 0 saturated carbocycles. The first-order valence-electron chi connectivity index (χ1n) is 10.0. The van der Waals surface area contributed by atoms with Crippen LogP contribution in [0.1, 0.15) is 31.7 Å². The number of nitrogens with zero attached hydrogens (tertiary/aromatic N) is 2. The summed E-state index contributed by atoms with van der Waals surface area (Å²) in [4.78, 5) is 0. The Labute approximate surface area is 176 Å². The van der Waals surface area contributed by atoms with Gasteiger partial charge in [-0.05, 0) is 53.8 Å². The van der Waals surface area contributed by atoms with Gasteiger partial charge in [0.1, 0.15) is 0 Å². The van der Waals surface area contributed by atoms with Crippen LogP contribution in [0.3, 0.4) is 0 Å². The molecule has 29 heavy (non-hydrogen) atoms. The quantitative estimate of drug-likeness (QED) is 0.301. The molecule has 0 amide bonds. The maximum atomic E-state index is 6.22. The van der Waals surface area contributed by atoms with E-state index in [4.69, 9.17) is 16.0 Å². The van der Waals surface area contributed by atoms with Crippen LogP contribution in [-0.4, -0.2) is 10.2 Å². The smallest absolute Gasteiger partial charge is 0.249 e. The Balaban J connectivity index is 1.49. The highest BCUT2D eigenvalue weighted by Crippen LogP contribution is 2.30.